The highest BCUT2D eigenvalue weighted by Crippen LogP contribution is 2.29. The molecule has 0 radical (unpaired) electrons. The van der Waals surface area contributed by atoms with Crippen LogP contribution in [0, 0.1) is 19.8 Å². The highest BCUT2D eigenvalue weighted by atomic mass is 15.3. The Morgan fingerprint density at radius 1 is 1.13 bits per heavy atom. The zero-order valence-corrected chi connectivity index (χ0v) is 14.2. The van der Waals surface area contributed by atoms with Crippen LogP contribution in [0.2, 0.25) is 0 Å². The van der Waals surface area contributed by atoms with Crippen molar-refractivity contribution in [3.05, 3.63) is 41.6 Å². The van der Waals surface area contributed by atoms with E-state index in [1.165, 1.54) is 0 Å². The molecule has 120 valence electrons. The van der Waals surface area contributed by atoms with Crippen LogP contribution >= 0.6 is 0 Å². The topological polar surface area (TPSA) is 68.5 Å². The molecule has 3 aromatic rings. The lowest BCUT2D eigenvalue weighted by molar-refractivity contribution is 0.533. The molecule has 0 bridgehead atoms. The first kappa shape index (κ1) is 15.4. The van der Waals surface area contributed by atoms with Crippen molar-refractivity contribution in [2.45, 2.75) is 33.7 Å². The minimum Gasteiger partial charge on any atom is -0.361 e. The van der Waals surface area contributed by atoms with Gasteiger partial charge in [-0.2, -0.15) is 5.10 Å². The molecule has 0 unspecified atom stereocenters. The van der Waals surface area contributed by atoms with Crippen LogP contribution in [0.4, 0.5) is 5.82 Å². The van der Waals surface area contributed by atoms with Gasteiger partial charge in [-0.05, 0) is 31.9 Å². The molecular formula is C17H22N6. The monoisotopic (exact) mass is 310 g/mol. The van der Waals surface area contributed by atoms with E-state index < -0.39 is 0 Å². The summed E-state index contributed by atoms with van der Waals surface area (Å²) in [4.78, 5) is 13.6. The van der Waals surface area contributed by atoms with Crippen LogP contribution in [0.25, 0.3) is 11.0 Å². The predicted molar refractivity (Wildman–Crippen MR) is 91.2 cm³/mol. The van der Waals surface area contributed by atoms with Crippen LogP contribution in [0.3, 0.4) is 0 Å². The second-order valence-corrected chi connectivity index (χ2v) is 6.15. The van der Waals surface area contributed by atoms with Crippen molar-refractivity contribution in [3.8, 4) is 0 Å². The lowest BCUT2D eigenvalue weighted by Crippen LogP contribution is -2.19. The maximum absolute atomic E-state index is 4.62. The van der Waals surface area contributed by atoms with Gasteiger partial charge in [0.2, 0.25) is 0 Å². The normalized spacial score (nSPS) is 12.8. The molecule has 1 atom stereocenters. The Morgan fingerprint density at radius 2 is 1.91 bits per heavy atom. The summed E-state index contributed by atoms with van der Waals surface area (Å²) in [5, 5.41) is 9.01. The van der Waals surface area contributed by atoms with E-state index in [0.29, 0.717) is 5.92 Å². The van der Waals surface area contributed by atoms with E-state index in [1.54, 1.807) is 4.68 Å². The first-order valence-corrected chi connectivity index (χ1v) is 7.82. The molecule has 0 saturated carbocycles. The highest BCUT2D eigenvalue weighted by molar-refractivity contribution is 5.89. The Balaban J connectivity index is 2.09. The lowest BCUT2D eigenvalue weighted by atomic mass is 10.00. The van der Waals surface area contributed by atoms with Crippen LogP contribution in [0.5, 0.6) is 0 Å². The summed E-state index contributed by atoms with van der Waals surface area (Å²) in [6.45, 7) is 8.23. The Bertz CT molecular complexity index is 822. The summed E-state index contributed by atoms with van der Waals surface area (Å²) in [6, 6.07) is 6.06. The van der Waals surface area contributed by atoms with Gasteiger partial charge in [0.15, 0.2) is 5.65 Å². The molecule has 0 aliphatic rings. The number of nitrogens with one attached hydrogen (secondary N) is 1. The molecular weight excluding hydrogens is 288 g/mol. The zero-order valence-electron chi connectivity index (χ0n) is 14.2. The molecule has 1 N–H and O–H groups in total. The Hall–Kier alpha value is -2.50. The second-order valence-electron chi connectivity index (χ2n) is 6.15. The number of pyridine rings is 1. The van der Waals surface area contributed by atoms with Gasteiger partial charge in [-0.15, -0.1) is 0 Å². The van der Waals surface area contributed by atoms with Crippen molar-refractivity contribution in [2.24, 2.45) is 13.0 Å². The number of hydrogen-bond acceptors (Lipinski definition) is 5. The first-order chi connectivity index (χ1) is 11.0. The van der Waals surface area contributed by atoms with Crippen LogP contribution in [-0.4, -0.2) is 24.7 Å². The van der Waals surface area contributed by atoms with E-state index in [9.17, 15) is 0 Å². The summed E-state index contributed by atoms with van der Waals surface area (Å²) >= 11 is 0. The third-order valence-electron chi connectivity index (χ3n) is 3.94. The average molecular weight is 310 g/mol. The number of rotatable bonds is 4. The highest BCUT2D eigenvalue weighted by Gasteiger charge is 2.21. The molecule has 6 nitrogen and oxygen atoms in total. The van der Waals surface area contributed by atoms with Gasteiger partial charge in [-0.3, -0.25) is 9.67 Å². The van der Waals surface area contributed by atoms with Crippen molar-refractivity contribution in [2.75, 3.05) is 5.32 Å². The van der Waals surface area contributed by atoms with E-state index in [1.807, 2.05) is 45.3 Å². The molecule has 3 rings (SSSR count). The fourth-order valence-electron chi connectivity index (χ4n) is 2.84. The van der Waals surface area contributed by atoms with Gasteiger partial charge in [0.05, 0.1) is 22.8 Å². The summed E-state index contributed by atoms with van der Waals surface area (Å²) in [5.41, 5.74) is 2.78. The molecule has 0 amide bonds. The Labute approximate surface area is 136 Å². The fourth-order valence-corrected chi connectivity index (χ4v) is 2.84. The van der Waals surface area contributed by atoms with E-state index in [0.717, 1.165) is 34.1 Å². The van der Waals surface area contributed by atoms with E-state index in [2.05, 4.69) is 39.2 Å². The largest absolute Gasteiger partial charge is 0.361 e. The number of aryl methyl sites for hydroxylation is 3. The van der Waals surface area contributed by atoms with Crippen LogP contribution in [-0.2, 0) is 7.05 Å². The average Bonchev–Trinajstić information content (AvgIpc) is 2.79. The zero-order chi connectivity index (χ0) is 16.6. The molecule has 0 aliphatic carbocycles. The molecule has 23 heavy (non-hydrogen) atoms. The molecule has 0 spiro atoms. The van der Waals surface area contributed by atoms with Crippen molar-refractivity contribution >= 4 is 16.9 Å². The standard InChI is InChI=1S/C17H22N6/c1-10(2)15(13-8-6-7-9-18-13)21-16-14-11(3)22-23(5)17(14)20-12(4)19-16/h6-10,15H,1-5H3,(H,19,20,21)/t15-/m0/s1. The van der Waals surface area contributed by atoms with E-state index >= 15 is 0 Å². The molecule has 6 heteroatoms. The molecule has 3 heterocycles. The number of aromatic nitrogens is 5. The van der Waals surface area contributed by atoms with E-state index in [-0.39, 0.29) is 6.04 Å². The van der Waals surface area contributed by atoms with Crippen LogP contribution in [0.15, 0.2) is 24.4 Å². The van der Waals surface area contributed by atoms with Gasteiger partial charge in [0.25, 0.3) is 0 Å². The summed E-state index contributed by atoms with van der Waals surface area (Å²) < 4.78 is 1.80. The van der Waals surface area contributed by atoms with Gasteiger partial charge >= 0.3 is 0 Å². The summed E-state index contributed by atoms with van der Waals surface area (Å²) in [5.74, 6) is 1.92. The number of hydrogen-bond donors (Lipinski definition) is 1. The maximum Gasteiger partial charge on any atom is 0.163 e. The smallest absolute Gasteiger partial charge is 0.163 e. The minimum absolute atomic E-state index is 0.0771. The SMILES string of the molecule is Cc1nc(N[C@H](c2ccccn2)C(C)C)c2c(C)nn(C)c2n1. The maximum atomic E-state index is 4.62. The van der Waals surface area contributed by atoms with Crippen molar-refractivity contribution < 1.29 is 0 Å². The van der Waals surface area contributed by atoms with Gasteiger partial charge in [0, 0.05) is 13.2 Å². The van der Waals surface area contributed by atoms with Crippen molar-refractivity contribution in [1.82, 2.24) is 24.7 Å². The first-order valence-electron chi connectivity index (χ1n) is 7.82. The predicted octanol–water partition coefficient (Wildman–Crippen LogP) is 3.18. The second kappa shape index (κ2) is 5.95. The van der Waals surface area contributed by atoms with Gasteiger partial charge in [-0.1, -0.05) is 19.9 Å². The summed E-state index contributed by atoms with van der Waals surface area (Å²) in [6.07, 6.45) is 1.82. The molecule has 0 fully saturated rings. The van der Waals surface area contributed by atoms with Crippen molar-refractivity contribution in [3.63, 3.8) is 0 Å². The minimum atomic E-state index is 0.0771. The molecule has 3 aromatic heterocycles. The third-order valence-corrected chi connectivity index (χ3v) is 3.94. The third kappa shape index (κ3) is 2.88. The van der Waals surface area contributed by atoms with E-state index in [4.69, 9.17) is 0 Å². The number of anilines is 1. The van der Waals surface area contributed by atoms with Gasteiger partial charge in [0.1, 0.15) is 11.6 Å². The van der Waals surface area contributed by atoms with Gasteiger partial charge in [-0.25, -0.2) is 9.97 Å². The molecule has 0 aromatic carbocycles. The molecule has 0 saturated heterocycles. The number of nitrogens with zero attached hydrogens (tertiary/aromatic N) is 5. The lowest BCUT2D eigenvalue weighted by Gasteiger charge is -2.23. The Kier molecular flexibility index (Phi) is 3.98. The summed E-state index contributed by atoms with van der Waals surface area (Å²) in [7, 11) is 1.91. The van der Waals surface area contributed by atoms with Crippen molar-refractivity contribution in [1.29, 1.82) is 0 Å². The van der Waals surface area contributed by atoms with Gasteiger partial charge < -0.3 is 5.32 Å². The molecule has 0 aliphatic heterocycles. The fraction of sp³-hybridized carbons (Fsp3) is 0.412. The Morgan fingerprint density at radius 3 is 2.57 bits per heavy atom. The number of fused-ring (bicyclic) bond motifs is 1. The van der Waals surface area contributed by atoms with Crippen LogP contribution in [0.1, 0.15) is 37.1 Å². The quantitative estimate of drug-likeness (QED) is 0.801. The van der Waals surface area contributed by atoms with Crippen LogP contribution < -0.4 is 5.32 Å².